The van der Waals surface area contributed by atoms with Gasteiger partial charge >= 0.3 is 5.97 Å². The Kier molecular flexibility index (Phi) is 7.89. The quantitative estimate of drug-likeness (QED) is 0.518. The molecule has 1 amide bonds. The largest absolute Gasteiger partial charge is 0.492 e. The molecular formula is C24H31N3O4. The van der Waals surface area contributed by atoms with Crippen LogP contribution in [-0.4, -0.2) is 69.3 Å². The van der Waals surface area contributed by atoms with Gasteiger partial charge in [0, 0.05) is 31.4 Å². The molecule has 7 heteroatoms. The van der Waals surface area contributed by atoms with E-state index >= 15 is 0 Å². The predicted molar refractivity (Wildman–Crippen MR) is 121 cm³/mol. The molecule has 1 saturated heterocycles. The van der Waals surface area contributed by atoms with E-state index in [1.54, 1.807) is 12.1 Å². The van der Waals surface area contributed by atoms with Crippen LogP contribution < -0.4 is 15.0 Å². The lowest BCUT2D eigenvalue weighted by molar-refractivity contribution is -0.122. The Morgan fingerprint density at radius 2 is 1.90 bits per heavy atom. The van der Waals surface area contributed by atoms with Crippen molar-refractivity contribution in [2.24, 2.45) is 0 Å². The van der Waals surface area contributed by atoms with Crippen molar-refractivity contribution in [1.82, 2.24) is 10.2 Å². The fraction of sp³-hybridized carbons (Fsp3) is 0.417. The van der Waals surface area contributed by atoms with E-state index in [9.17, 15) is 9.59 Å². The van der Waals surface area contributed by atoms with Gasteiger partial charge in [-0.25, -0.2) is 4.79 Å². The smallest absolute Gasteiger partial charge is 0.337 e. The summed E-state index contributed by atoms with van der Waals surface area (Å²) in [5.41, 5.74) is 2.76. The van der Waals surface area contributed by atoms with Gasteiger partial charge in [-0.2, -0.15) is 0 Å². The van der Waals surface area contributed by atoms with Crippen LogP contribution >= 0.6 is 0 Å². The van der Waals surface area contributed by atoms with Crippen molar-refractivity contribution < 1.29 is 19.1 Å². The zero-order chi connectivity index (χ0) is 22.2. The summed E-state index contributed by atoms with van der Waals surface area (Å²) in [7, 11) is 1.38. The lowest BCUT2D eigenvalue weighted by atomic mass is 10.1. The summed E-state index contributed by atoms with van der Waals surface area (Å²) in [6, 6.07) is 15.6. The van der Waals surface area contributed by atoms with Crippen molar-refractivity contribution in [2.75, 3.05) is 51.3 Å². The molecule has 1 unspecified atom stereocenters. The molecule has 166 valence electrons. The van der Waals surface area contributed by atoms with Crippen LogP contribution in [0.2, 0.25) is 0 Å². The van der Waals surface area contributed by atoms with Crippen LogP contribution in [0.4, 0.5) is 5.69 Å². The van der Waals surface area contributed by atoms with E-state index in [2.05, 4.69) is 22.0 Å². The highest BCUT2D eigenvalue weighted by Crippen LogP contribution is 2.20. The van der Waals surface area contributed by atoms with Crippen LogP contribution in [0.15, 0.2) is 48.5 Å². The standard InChI is InChI=1S/C24H31N3O4/c1-18-5-4-6-22(15-18)31-14-11-25-23(28)17-26-12-13-27(16-19(26)2)21-9-7-20(8-10-21)24(29)30-3/h4-10,15,19H,11-14,16-17H2,1-3H3,(H,25,28). The molecule has 0 bridgehead atoms. The van der Waals surface area contributed by atoms with Gasteiger partial charge in [0.1, 0.15) is 12.4 Å². The second-order valence-corrected chi connectivity index (χ2v) is 7.82. The minimum absolute atomic E-state index is 0.00979. The summed E-state index contributed by atoms with van der Waals surface area (Å²) >= 11 is 0. The molecule has 7 nitrogen and oxygen atoms in total. The van der Waals surface area contributed by atoms with Crippen molar-refractivity contribution in [1.29, 1.82) is 0 Å². The van der Waals surface area contributed by atoms with Gasteiger partial charge in [0.25, 0.3) is 0 Å². The number of aryl methyl sites for hydroxylation is 1. The van der Waals surface area contributed by atoms with Gasteiger partial charge in [-0.15, -0.1) is 0 Å². The minimum Gasteiger partial charge on any atom is -0.492 e. The number of ether oxygens (including phenoxy) is 2. The maximum atomic E-state index is 12.3. The molecule has 0 saturated carbocycles. The van der Waals surface area contributed by atoms with Crippen molar-refractivity contribution in [3.05, 3.63) is 59.7 Å². The molecule has 1 heterocycles. The molecule has 2 aromatic rings. The number of nitrogens with one attached hydrogen (secondary N) is 1. The van der Waals surface area contributed by atoms with Gasteiger partial charge in [-0.05, 0) is 55.8 Å². The number of carbonyl (C=O) groups is 2. The van der Waals surface area contributed by atoms with Gasteiger partial charge in [0.2, 0.25) is 5.91 Å². The molecule has 0 radical (unpaired) electrons. The maximum absolute atomic E-state index is 12.3. The van der Waals surface area contributed by atoms with Crippen molar-refractivity contribution in [2.45, 2.75) is 19.9 Å². The topological polar surface area (TPSA) is 71.1 Å². The summed E-state index contributed by atoms with van der Waals surface area (Å²) in [6.07, 6.45) is 0. The third kappa shape index (κ3) is 6.46. The Morgan fingerprint density at radius 3 is 2.58 bits per heavy atom. The van der Waals surface area contributed by atoms with E-state index in [-0.39, 0.29) is 17.9 Å². The first-order chi connectivity index (χ1) is 15.0. The Balaban J connectivity index is 1.40. The Labute approximate surface area is 183 Å². The van der Waals surface area contributed by atoms with Crippen LogP contribution in [0.5, 0.6) is 5.75 Å². The zero-order valence-electron chi connectivity index (χ0n) is 18.5. The molecule has 0 aliphatic carbocycles. The first-order valence-electron chi connectivity index (χ1n) is 10.6. The Bertz CT molecular complexity index is 885. The summed E-state index contributed by atoms with van der Waals surface area (Å²) in [5, 5.41) is 2.94. The van der Waals surface area contributed by atoms with E-state index in [1.165, 1.54) is 7.11 Å². The summed E-state index contributed by atoms with van der Waals surface area (Å²) in [5.74, 6) is 0.495. The van der Waals surface area contributed by atoms with Gasteiger partial charge in [0.15, 0.2) is 0 Å². The van der Waals surface area contributed by atoms with Crippen LogP contribution in [0.25, 0.3) is 0 Å². The lowest BCUT2D eigenvalue weighted by Gasteiger charge is -2.40. The number of amides is 1. The van der Waals surface area contributed by atoms with E-state index in [0.717, 1.165) is 36.6 Å². The number of anilines is 1. The first kappa shape index (κ1) is 22.6. The number of nitrogens with zero attached hydrogens (tertiary/aromatic N) is 2. The maximum Gasteiger partial charge on any atom is 0.337 e. The number of piperazine rings is 1. The fourth-order valence-electron chi connectivity index (χ4n) is 3.70. The number of methoxy groups -OCH3 is 1. The molecule has 31 heavy (non-hydrogen) atoms. The normalized spacial score (nSPS) is 16.6. The van der Waals surface area contributed by atoms with Crippen molar-refractivity contribution in [3.63, 3.8) is 0 Å². The lowest BCUT2D eigenvalue weighted by Crippen LogP contribution is -2.54. The average molecular weight is 426 g/mol. The molecule has 1 fully saturated rings. The average Bonchev–Trinajstić information content (AvgIpc) is 2.78. The number of rotatable bonds is 8. The van der Waals surface area contributed by atoms with Crippen molar-refractivity contribution >= 4 is 17.6 Å². The fourth-order valence-corrected chi connectivity index (χ4v) is 3.70. The number of benzene rings is 2. The number of esters is 1. The molecule has 1 aliphatic heterocycles. The van der Waals surface area contributed by atoms with E-state index in [4.69, 9.17) is 9.47 Å². The second-order valence-electron chi connectivity index (χ2n) is 7.82. The van der Waals surface area contributed by atoms with Gasteiger partial charge in [0.05, 0.1) is 25.8 Å². The van der Waals surface area contributed by atoms with Crippen LogP contribution in [0.1, 0.15) is 22.8 Å². The molecule has 3 rings (SSSR count). The number of carbonyl (C=O) groups excluding carboxylic acids is 2. The SMILES string of the molecule is COC(=O)c1ccc(N2CCN(CC(=O)NCCOc3cccc(C)c3)C(C)C2)cc1. The van der Waals surface area contributed by atoms with Gasteiger partial charge in [-0.3, -0.25) is 9.69 Å². The third-order valence-electron chi connectivity index (χ3n) is 5.45. The van der Waals surface area contributed by atoms with E-state index < -0.39 is 0 Å². The Hall–Kier alpha value is -3.06. The molecule has 1 aliphatic rings. The molecular weight excluding hydrogens is 394 g/mol. The third-order valence-corrected chi connectivity index (χ3v) is 5.45. The highest BCUT2D eigenvalue weighted by atomic mass is 16.5. The monoisotopic (exact) mass is 425 g/mol. The van der Waals surface area contributed by atoms with Crippen LogP contribution in [0, 0.1) is 6.92 Å². The van der Waals surface area contributed by atoms with Crippen LogP contribution in [0.3, 0.4) is 0 Å². The second kappa shape index (κ2) is 10.8. The van der Waals surface area contributed by atoms with E-state index in [0.29, 0.717) is 25.3 Å². The summed E-state index contributed by atoms with van der Waals surface area (Å²) in [6.45, 7) is 7.89. The minimum atomic E-state index is -0.333. The number of hydrogen-bond donors (Lipinski definition) is 1. The summed E-state index contributed by atoms with van der Waals surface area (Å²) < 4.78 is 10.4. The zero-order valence-corrected chi connectivity index (χ0v) is 18.5. The van der Waals surface area contributed by atoms with E-state index in [1.807, 2.05) is 43.3 Å². The number of hydrogen-bond acceptors (Lipinski definition) is 6. The van der Waals surface area contributed by atoms with Crippen molar-refractivity contribution in [3.8, 4) is 5.75 Å². The summed E-state index contributed by atoms with van der Waals surface area (Å²) in [4.78, 5) is 28.4. The van der Waals surface area contributed by atoms with Gasteiger partial charge in [-0.1, -0.05) is 12.1 Å². The van der Waals surface area contributed by atoms with Gasteiger partial charge < -0.3 is 19.7 Å². The first-order valence-corrected chi connectivity index (χ1v) is 10.6. The molecule has 1 N–H and O–H groups in total. The molecule has 1 atom stereocenters. The molecule has 0 spiro atoms. The Morgan fingerprint density at radius 1 is 1.13 bits per heavy atom. The highest BCUT2D eigenvalue weighted by Gasteiger charge is 2.25. The molecule has 0 aromatic heterocycles. The molecule has 2 aromatic carbocycles. The highest BCUT2D eigenvalue weighted by molar-refractivity contribution is 5.89. The predicted octanol–water partition coefficient (Wildman–Crippen LogP) is 2.49. The van der Waals surface area contributed by atoms with Crippen LogP contribution in [-0.2, 0) is 9.53 Å².